The van der Waals surface area contributed by atoms with Gasteiger partial charge < -0.3 is 20.6 Å². The largest absolute Gasteiger partial charge is 0.374 e. The maximum Gasteiger partial charge on any atom is 0.0728 e. The van der Waals surface area contributed by atoms with E-state index in [1.807, 2.05) is 49.6 Å². The second-order valence-electron chi connectivity index (χ2n) is 11.9. The van der Waals surface area contributed by atoms with Crippen LogP contribution in [0.25, 0.3) is 22.3 Å². The molecule has 0 amide bonds. The van der Waals surface area contributed by atoms with Gasteiger partial charge in [-0.15, -0.1) is 0 Å². The van der Waals surface area contributed by atoms with Crippen molar-refractivity contribution in [3.63, 3.8) is 0 Å². The Bertz CT molecular complexity index is 2220. The third-order valence-corrected chi connectivity index (χ3v) is 9.11. The molecule has 9 heterocycles. The molecule has 49 heavy (non-hydrogen) atoms. The first-order valence-corrected chi connectivity index (χ1v) is 15.9. The smallest absolute Gasteiger partial charge is 0.0728 e. The fourth-order valence-electron chi connectivity index (χ4n) is 6.97. The van der Waals surface area contributed by atoms with Crippen molar-refractivity contribution in [1.82, 2.24) is 40.5 Å². The summed E-state index contributed by atoms with van der Waals surface area (Å²) in [6.07, 6.45) is 23.6. The van der Waals surface area contributed by atoms with Crippen LogP contribution in [0, 0.1) is 0 Å². The Morgan fingerprint density at radius 2 is 0.776 bits per heavy atom. The molecule has 2 unspecified atom stereocenters. The molecule has 0 saturated heterocycles. The van der Waals surface area contributed by atoms with Crippen molar-refractivity contribution in [3.05, 3.63) is 202 Å². The van der Waals surface area contributed by atoms with Gasteiger partial charge >= 0.3 is 0 Å². The van der Waals surface area contributed by atoms with Crippen molar-refractivity contribution >= 4 is 22.3 Å². The average Bonchev–Trinajstić information content (AvgIpc) is 3.98. The molecule has 0 saturated carbocycles. The molecule has 6 aromatic rings. The molecule has 0 aliphatic carbocycles. The van der Waals surface area contributed by atoms with Crippen molar-refractivity contribution in [1.29, 1.82) is 0 Å². The molecule has 6 aromatic heterocycles. The Kier molecular flexibility index (Phi) is 8.03. The normalized spacial score (nSPS) is 23.1. The van der Waals surface area contributed by atoms with Crippen molar-refractivity contribution in [2.24, 2.45) is 0 Å². The Hall–Kier alpha value is -5.92. The average molecular weight is 688 g/mol. The van der Waals surface area contributed by atoms with Gasteiger partial charge in [0.25, 0.3) is 0 Å². The van der Waals surface area contributed by atoms with Crippen LogP contribution >= 0.6 is 0 Å². The van der Waals surface area contributed by atoms with Crippen molar-refractivity contribution < 1.29 is 19.5 Å². The van der Waals surface area contributed by atoms with E-state index < -0.39 is 0 Å². The summed E-state index contributed by atoms with van der Waals surface area (Å²) in [5.41, 5.74) is 12.7. The number of fused-ring (bicyclic) bond motifs is 8. The molecular formula is C40H30N8Zn. The predicted octanol–water partition coefficient (Wildman–Crippen LogP) is 4.61. The second kappa shape index (κ2) is 12.9. The minimum atomic E-state index is -0.0965. The maximum atomic E-state index is 4.32. The Morgan fingerprint density at radius 3 is 1.16 bits per heavy atom. The number of H-pyrrole nitrogens is 2. The molecule has 8 nitrogen and oxygen atoms in total. The standard InChI is InChI=1S/C40H30N8.Zn/c1-2-30-38(26-11-19-42-20-12-26)32-5-6-34(47-32)40(28-15-23-44-24-16-28)36-8-7-35(48-36)39(27-13-21-43-22-14-27)33-4-3-31(46-33)37(29(1)45-30)25-9-17-41-18-10-25;/h1-24,29,35,45-48H;/b37-31-,38-30-,39-33-,40-36-;. The van der Waals surface area contributed by atoms with Gasteiger partial charge in [0.05, 0.1) is 12.1 Å². The van der Waals surface area contributed by atoms with Crippen LogP contribution in [0.15, 0.2) is 158 Å². The summed E-state index contributed by atoms with van der Waals surface area (Å²) in [5, 5.41) is 9.81. The number of nitrogens with one attached hydrogen (secondary N) is 4. The molecule has 9 heteroatoms. The monoisotopic (exact) mass is 686 g/mol. The van der Waals surface area contributed by atoms with Crippen LogP contribution < -0.4 is 21.3 Å². The Morgan fingerprint density at radius 1 is 0.408 bits per heavy atom. The second-order valence-corrected chi connectivity index (χ2v) is 11.9. The summed E-state index contributed by atoms with van der Waals surface area (Å²) in [6, 6.07) is 25.0. The first kappa shape index (κ1) is 30.4. The number of nitrogens with zero attached hydrogens (tertiary/aromatic N) is 4. The molecule has 9 rings (SSSR count). The van der Waals surface area contributed by atoms with E-state index in [0.717, 1.165) is 78.0 Å². The van der Waals surface area contributed by atoms with Gasteiger partial charge in [0.2, 0.25) is 0 Å². The Labute approximate surface area is 295 Å². The molecular weight excluding hydrogens is 658 g/mol. The van der Waals surface area contributed by atoms with E-state index >= 15 is 0 Å². The predicted molar refractivity (Wildman–Crippen MR) is 187 cm³/mol. The molecule has 2 atom stereocenters. The fraction of sp³-hybridized carbons (Fsp3) is 0.0500. The number of hydrogen-bond donors (Lipinski definition) is 4. The first-order valence-electron chi connectivity index (χ1n) is 15.9. The molecule has 3 aliphatic rings. The zero-order valence-corrected chi connectivity index (χ0v) is 29.5. The van der Waals surface area contributed by atoms with E-state index in [0.29, 0.717) is 0 Å². The number of aromatic nitrogens is 6. The topological polar surface area (TPSA) is 107 Å². The molecule has 232 valence electrons. The van der Waals surface area contributed by atoms with Crippen LogP contribution in [0.2, 0.25) is 0 Å². The van der Waals surface area contributed by atoms with E-state index in [2.05, 4.69) is 138 Å². The van der Waals surface area contributed by atoms with Gasteiger partial charge in [-0.2, -0.15) is 0 Å². The van der Waals surface area contributed by atoms with Gasteiger partial charge in [0, 0.05) is 125 Å². The quantitative estimate of drug-likeness (QED) is 0.202. The zero-order chi connectivity index (χ0) is 31.9. The summed E-state index contributed by atoms with van der Waals surface area (Å²) in [7, 11) is 0. The molecule has 0 aromatic carbocycles. The fourth-order valence-corrected chi connectivity index (χ4v) is 6.97. The van der Waals surface area contributed by atoms with Crippen LogP contribution in [-0.4, -0.2) is 42.0 Å². The SMILES string of the molecule is C1=CC2N/C1=C(/c1ccncc1)c1ccc([nH]1)/C(c1ccncc1)=C1/C=CC(N1)/C(c1ccncc1)=c1/cc/c([nH]1)=C/2c1ccncc1.[Zn]. The third kappa shape index (κ3) is 5.58. The van der Waals surface area contributed by atoms with Crippen LogP contribution in [0.1, 0.15) is 33.6 Å². The van der Waals surface area contributed by atoms with Crippen LogP contribution in [0.3, 0.4) is 0 Å². The van der Waals surface area contributed by atoms with Gasteiger partial charge in [0.1, 0.15) is 0 Å². The number of pyridine rings is 4. The summed E-state index contributed by atoms with van der Waals surface area (Å²) in [4.78, 5) is 24.9. The van der Waals surface area contributed by atoms with Gasteiger partial charge in [0.15, 0.2) is 0 Å². The number of rotatable bonds is 4. The van der Waals surface area contributed by atoms with E-state index in [-0.39, 0.29) is 31.6 Å². The summed E-state index contributed by atoms with van der Waals surface area (Å²) in [6.45, 7) is 0. The van der Waals surface area contributed by atoms with E-state index in [1.54, 1.807) is 0 Å². The minimum absolute atomic E-state index is 0. The summed E-state index contributed by atoms with van der Waals surface area (Å²) in [5.74, 6) is 0. The number of allylic oxidation sites excluding steroid dienone is 2. The molecule has 4 N–H and O–H groups in total. The first-order chi connectivity index (χ1) is 23.8. The molecule has 0 radical (unpaired) electrons. The Balaban J connectivity index is 0.00000348. The van der Waals surface area contributed by atoms with Crippen molar-refractivity contribution in [2.75, 3.05) is 0 Å². The van der Waals surface area contributed by atoms with E-state index in [4.69, 9.17) is 0 Å². The van der Waals surface area contributed by atoms with Gasteiger partial charge in [-0.05, 0) is 107 Å². The summed E-state index contributed by atoms with van der Waals surface area (Å²) >= 11 is 0. The maximum absolute atomic E-state index is 4.32. The van der Waals surface area contributed by atoms with Crippen molar-refractivity contribution in [3.8, 4) is 0 Å². The number of hydrogen-bond acceptors (Lipinski definition) is 6. The minimum Gasteiger partial charge on any atom is -0.374 e. The molecule has 3 aliphatic heterocycles. The molecule has 0 fully saturated rings. The van der Waals surface area contributed by atoms with Gasteiger partial charge in [-0.25, -0.2) is 0 Å². The van der Waals surface area contributed by atoms with Gasteiger partial charge in [-0.1, -0.05) is 12.2 Å². The van der Waals surface area contributed by atoms with Crippen LogP contribution in [0.4, 0.5) is 0 Å². The summed E-state index contributed by atoms with van der Waals surface area (Å²) < 4.78 is 0. The van der Waals surface area contributed by atoms with Crippen molar-refractivity contribution in [2.45, 2.75) is 12.1 Å². The number of aromatic amines is 2. The van der Waals surface area contributed by atoms with Crippen LogP contribution in [-0.2, 0) is 19.5 Å². The van der Waals surface area contributed by atoms with Gasteiger partial charge in [-0.3, -0.25) is 19.9 Å². The molecule has 8 bridgehead atoms. The van der Waals surface area contributed by atoms with E-state index in [1.165, 1.54) is 0 Å². The zero-order valence-electron chi connectivity index (χ0n) is 26.5. The van der Waals surface area contributed by atoms with E-state index in [9.17, 15) is 0 Å². The third-order valence-electron chi connectivity index (χ3n) is 9.11. The van der Waals surface area contributed by atoms with Crippen LogP contribution in [0.5, 0.6) is 0 Å². The molecule has 0 spiro atoms.